The summed E-state index contributed by atoms with van der Waals surface area (Å²) in [4.78, 5) is 17.7. The first kappa shape index (κ1) is 15.3. The largest absolute Gasteiger partial charge is 0.391 e. The van der Waals surface area contributed by atoms with Gasteiger partial charge in [0.2, 0.25) is 0 Å². The summed E-state index contributed by atoms with van der Waals surface area (Å²) >= 11 is 3.29. The van der Waals surface area contributed by atoms with Gasteiger partial charge < -0.3 is 4.90 Å². The number of alkyl halides is 3. The molecule has 0 aromatic carbocycles. The molecule has 0 N–H and O–H groups in total. The van der Waals surface area contributed by atoms with E-state index in [4.69, 9.17) is 0 Å². The van der Waals surface area contributed by atoms with Gasteiger partial charge in [0.15, 0.2) is 0 Å². The summed E-state index contributed by atoms with van der Waals surface area (Å²) in [7, 11) is 0. The van der Waals surface area contributed by atoms with Crippen LogP contribution < -0.4 is 0 Å². The summed E-state index contributed by atoms with van der Waals surface area (Å²) in [6.07, 6.45) is -1.19. The van der Waals surface area contributed by atoms with Gasteiger partial charge in [-0.2, -0.15) is 13.2 Å². The molecular weight excluding hydrogens is 337 g/mol. The standard InChI is InChI=1S/C13H14BrF3N2O/c1-8-10(6-18-7-11(8)14)12(20)19-4-2-9(3-5-19)13(15,16)17/h6-7,9H,2-5H2,1H3. The molecule has 2 heterocycles. The number of pyridine rings is 1. The molecular formula is C13H14BrF3N2O. The van der Waals surface area contributed by atoms with Crippen molar-refractivity contribution in [1.82, 2.24) is 9.88 Å². The van der Waals surface area contributed by atoms with Gasteiger partial charge in [0.05, 0.1) is 11.5 Å². The van der Waals surface area contributed by atoms with Crippen LogP contribution in [-0.4, -0.2) is 35.1 Å². The lowest BCUT2D eigenvalue weighted by atomic mass is 9.95. The van der Waals surface area contributed by atoms with E-state index in [9.17, 15) is 18.0 Å². The Hall–Kier alpha value is -1.11. The molecule has 1 amide bonds. The highest BCUT2D eigenvalue weighted by molar-refractivity contribution is 9.10. The molecule has 0 saturated carbocycles. The molecule has 1 fully saturated rings. The Morgan fingerprint density at radius 2 is 1.95 bits per heavy atom. The van der Waals surface area contributed by atoms with Crippen LogP contribution >= 0.6 is 15.9 Å². The number of piperidine rings is 1. The van der Waals surface area contributed by atoms with Gasteiger partial charge >= 0.3 is 6.18 Å². The smallest absolute Gasteiger partial charge is 0.339 e. The molecule has 1 aliphatic rings. The maximum atomic E-state index is 12.6. The van der Waals surface area contributed by atoms with Crippen LogP contribution in [0.1, 0.15) is 28.8 Å². The van der Waals surface area contributed by atoms with E-state index in [2.05, 4.69) is 20.9 Å². The van der Waals surface area contributed by atoms with Crippen LogP contribution in [0.15, 0.2) is 16.9 Å². The zero-order valence-electron chi connectivity index (χ0n) is 10.9. The lowest BCUT2D eigenvalue weighted by Gasteiger charge is -2.33. The summed E-state index contributed by atoms with van der Waals surface area (Å²) < 4.78 is 38.5. The SMILES string of the molecule is Cc1c(Br)cncc1C(=O)N1CCC(C(F)(F)F)CC1. The van der Waals surface area contributed by atoms with E-state index in [0.717, 1.165) is 5.56 Å². The highest BCUT2D eigenvalue weighted by Crippen LogP contribution is 2.34. The number of nitrogens with zero attached hydrogens (tertiary/aromatic N) is 2. The van der Waals surface area contributed by atoms with Crippen molar-refractivity contribution in [3.8, 4) is 0 Å². The third-order valence-electron chi connectivity index (χ3n) is 3.63. The molecule has 1 aliphatic heterocycles. The van der Waals surface area contributed by atoms with E-state index in [0.29, 0.717) is 10.0 Å². The molecule has 110 valence electrons. The minimum atomic E-state index is -4.16. The zero-order chi connectivity index (χ0) is 14.9. The molecule has 0 spiro atoms. The summed E-state index contributed by atoms with van der Waals surface area (Å²) in [5.41, 5.74) is 1.19. The molecule has 0 bridgehead atoms. The number of likely N-dealkylation sites (tertiary alicyclic amines) is 1. The molecule has 20 heavy (non-hydrogen) atoms. The van der Waals surface area contributed by atoms with Crippen molar-refractivity contribution in [3.63, 3.8) is 0 Å². The average Bonchev–Trinajstić information content (AvgIpc) is 2.40. The Balaban J connectivity index is 2.07. The van der Waals surface area contributed by atoms with Crippen LogP contribution in [0.5, 0.6) is 0 Å². The molecule has 0 aliphatic carbocycles. The van der Waals surface area contributed by atoms with Gasteiger partial charge in [0.25, 0.3) is 5.91 Å². The van der Waals surface area contributed by atoms with Gasteiger partial charge in [0.1, 0.15) is 0 Å². The molecule has 7 heteroatoms. The first-order valence-electron chi connectivity index (χ1n) is 6.27. The Bertz CT molecular complexity index is 511. The Labute approximate surface area is 123 Å². The third-order valence-corrected chi connectivity index (χ3v) is 4.43. The van der Waals surface area contributed by atoms with E-state index in [1.165, 1.54) is 11.1 Å². The molecule has 3 nitrogen and oxygen atoms in total. The summed E-state index contributed by atoms with van der Waals surface area (Å²) in [6, 6.07) is 0. The van der Waals surface area contributed by atoms with Crippen molar-refractivity contribution in [3.05, 3.63) is 28.0 Å². The number of hydrogen-bond donors (Lipinski definition) is 0. The third kappa shape index (κ3) is 3.13. The van der Waals surface area contributed by atoms with E-state index in [1.807, 2.05) is 0 Å². The molecule has 1 saturated heterocycles. The predicted molar refractivity (Wildman–Crippen MR) is 71.4 cm³/mol. The quantitative estimate of drug-likeness (QED) is 0.775. The van der Waals surface area contributed by atoms with Crippen LogP contribution in [0, 0.1) is 12.8 Å². The Morgan fingerprint density at radius 1 is 1.35 bits per heavy atom. The summed E-state index contributed by atoms with van der Waals surface area (Å²) in [5.74, 6) is -1.55. The van der Waals surface area contributed by atoms with Crippen molar-refractivity contribution in [2.24, 2.45) is 5.92 Å². The number of halogens is 4. The zero-order valence-corrected chi connectivity index (χ0v) is 12.5. The second-order valence-corrected chi connectivity index (χ2v) is 5.76. The van der Waals surface area contributed by atoms with E-state index >= 15 is 0 Å². The van der Waals surface area contributed by atoms with Crippen LogP contribution in [-0.2, 0) is 0 Å². The minimum Gasteiger partial charge on any atom is -0.339 e. The van der Waals surface area contributed by atoms with Gasteiger partial charge in [0, 0.05) is 30.0 Å². The van der Waals surface area contributed by atoms with Gasteiger partial charge in [-0.25, -0.2) is 0 Å². The minimum absolute atomic E-state index is 0.0320. The van der Waals surface area contributed by atoms with Crippen LogP contribution in [0.25, 0.3) is 0 Å². The molecule has 2 rings (SSSR count). The number of rotatable bonds is 1. The maximum Gasteiger partial charge on any atom is 0.391 e. The summed E-state index contributed by atoms with van der Waals surface area (Å²) in [5, 5.41) is 0. The number of hydrogen-bond acceptors (Lipinski definition) is 2. The first-order valence-corrected chi connectivity index (χ1v) is 7.06. The first-order chi connectivity index (χ1) is 9.30. The van der Waals surface area contributed by atoms with Crippen LogP contribution in [0.3, 0.4) is 0 Å². The fourth-order valence-corrected chi connectivity index (χ4v) is 2.63. The van der Waals surface area contributed by atoms with Crippen molar-refractivity contribution >= 4 is 21.8 Å². The van der Waals surface area contributed by atoms with Crippen LogP contribution in [0.2, 0.25) is 0 Å². The van der Waals surface area contributed by atoms with Crippen LogP contribution in [0.4, 0.5) is 13.2 Å². The Kier molecular flexibility index (Phi) is 4.36. The number of amides is 1. The van der Waals surface area contributed by atoms with Gasteiger partial charge in [-0.3, -0.25) is 9.78 Å². The number of carbonyl (C=O) groups is 1. The van der Waals surface area contributed by atoms with Crippen molar-refractivity contribution in [2.75, 3.05) is 13.1 Å². The predicted octanol–water partition coefficient (Wildman–Crippen LogP) is 3.57. The molecule has 1 aromatic rings. The summed E-state index contributed by atoms with van der Waals surface area (Å²) in [6.45, 7) is 2.05. The highest BCUT2D eigenvalue weighted by atomic mass is 79.9. The number of carbonyl (C=O) groups excluding carboxylic acids is 1. The lowest BCUT2D eigenvalue weighted by molar-refractivity contribution is -0.183. The average molecular weight is 351 g/mol. The molecule has 0 unspecified atom stereocenters. The van der Waals surface area contributed by atoms with E-state index < -0.39 is 12.1 Å². The fraction of sp³-hybridized carbons (Fsp3) is 0.538. The highest BCUT2D eigenvalue weighted by Gasteiger charge is 2.41. The van der Waals surface area contributed by atoms with Gasteiger partial charge in [-0.15, -0.1) is 0 Å². The Morgan fingerprint density at radius 3 is 2.50 bits per heavy atom. The van der Waals surface area contributed by atoms with E-state index in [-0.39, 0.29) is 31.8 Å². The fourth-order valence-electron chi connectivity index (χ4n) is 2.30. The maximum absolute atomic E-state index is 12.6. The second-order valence-electron chi connectivity index (χ2n) is 4.90. The van der Waals surface area contributed by atoms with Crippen molar-refractivity contribution in [2.45, 2.75) is 25.9 Å². The lowest BCUT2D eigenvalue weighted by Crippen LogP contribution is -2.42. The second kappa shape index (κ2) is 5.71. The van der Waals surface area contributed by atoms with Crippen molar-refractivity contribution in [1.29, 1.82) is 0 Å². The van der Waals surface area contributed by atoms with E-state index in [1.54, 1.807) is 13.1 Å². The molecule has 0 radical (unpaired) electrons. The van der Waals surface area contributed by atoms with Crippen molar-refractivity contribution < 1.29 is 18.0 Å². The molecule has 1 aromatic heterocycles. The monoisotopic (exact) mass is 350 g/mol. The molecule has 0 atom stereocenters. The number of aromatic nitrogens is 1. The topological polar surface area (TPSA) is 33.2 Å². The normalized spacial score (nSPS) is 17.4. The van der Waals surface area contributed by atoms with Gasteiger partial charge in [-0.1, -0.05) is 0 Å². The van der Waals surface area contributed by atoms with Gasteiger partial charge in [-0.05, 0) is 41.3 Å².